The van der Waals surface area contributed by atoms with E-state index in [1.54, 1.807) is 39.3 Å². The Bertz CT molecular complexity index is 2000. The van der Waals surface area contributed by atoms with Gasteiger partial charge >= 0.3 is 11.8 Å². The van der Waals surface area contributed by atoms with Crippen molar-refractivity contribution in [1.82, 2.24) is 55.7 Å². The first kappa shape index (κ1) is 46.8. The van der Waals surface area contributed by atoms with E-state index in [-0.39, 0.29) is 88.5 Å². The molecule has 2 aromatic carbocycles. The number of anilines is 2. The molecule has 1 saturated heterocycles. The number of likely N-dealkylation sites (N-methyl/N-ethyl adjacent to an activating group) is 3. The van der Waals surface area contributed by atoms with Crippen LogP contribution in [0, 0.1) is 0 Å². The van der Waals surface area contributed by atoms with Gasteiger partial charge in [-0.05, 0) is 17.7 Å². The molecule has 2 aliphatic heterocycles. The van der Waals surface area contributed by atoms with Crippen LogP contribution in [0.5, 0.6) is 17.2 Å². The fraction of sp³-hybridized carbons (Fsp3) is 0.488. The summed E-state index contributed by atoms with van der Waals surface area (Å²) < 4.78 is 18.6. The van der Waals surface area contributed by atoms with Gasteiger partial charge in [0.05, 0.1) is 38.9 Å². The van der Waals surface area contributed by atoms with Crippen molar-refractivity contribution >= 4 is 41.2 Å². The number of alkyl carbamates (subject to hydrolysis) is 1. The van der Waals surface area contributed by atoms with Crippen LogP contribution in [0.25, 0.3) is 0 Å². The Morgan fingerprint density at radius 3 is 1.77 bits per heavy atom. The van der Waals surface area contributed by atoms with Crippen LogP contribution >= 0.6 is 0 Å². The van der Waals surface area contributed by atoms with Crippen LogP contribution in [0.4, 0.5) is 16.3 Å². The number of benzene rings is 2. The van der Waals surface area contributed by atoms with E-state index in [0.29, 0.717) is 75.3 Å². The Kier molecular flexibility index (Phi) is 18.3. The highest BCUT2D eigenvalue weighted by Crippen LogP contribution is 2.44. The maximum absolute atomic E-state index is 13.3. The van der Waals surface area contributed by atoms with Gasteiger partial charge in [0.2, 0.25) is 23.6 Å². The fourth-order valence-corrected chi connectivity index (χ4v) is 6.59. The molecular weight excluding hydrogens is 805 g/mol. The van der Waals surface area contributed by atoms with Gasteiger partial charge in [-0.2, -0.15) is 4.98 Å². The van der Waals surface area contributed by atoms with E-state index in [0.717, 1.165) is 5.56 Å². The summed E-state index contributed by atoms with van der Waals surface area (Å²) in [5, 5.41) is 16.7. The maximum Gasteiger partial charge on any atom is 0.407 e. The van der Waals surface area contributed by atoms with E-state index < -0.39 is 11.8 Å². The van der Waals surface area contributed by atoms with E-state index in [9.17, 15) is 28.8 Å². The topological polar surface area (TPSA) is 233 Å². The van der Waals surface area contributed by atoms with Crippen LogP contribution in [0.3, 0.4) is 0 Å². The molecule has 62 heavy (non-hydrogen) atoms. The zero-order valence-electron chi connectivity index (χ0n) is 35.6. The number of rotatable bonds is 17. The number of hydrogen-bond donors (Lipinski definition) is 6. The molecular formula is C41H58N12O9. The molecule has 0 radical (unpaired) electrons. The van der Waals surface area contributed by atoms with Crippen molar-refractivity contribution in [3.05, 3.63) is 70.8 Å². The SMILES string of the molecule is CNC(=O)CN1CCN(CC(=O)NC)CCN(CC(=O)NCCn2cc3c(nc2=O)Nc2c(OCCNC(=O)OCc4ccccc4)cccc2O3)CCN(CC(=O)NC)CC1. The highest BCUT2D eigenvalue weighted by atomic mass is 16.5. The smallest absolute Gasteiger partial charge is 0.407 e. The molecule has 1 aromatic heterocycles. The third kappa shape index (κ3) is 15.0. The van der Waals surface area contributed by atoms with Crippen LogP contribution in [0.2, 0.25) is 0 Å². The predicted molar refractivity (Wildman–Crippen MR) is 229 cm³/mol. The van der Waals surface area contributed by atoms with Crippen molar-refractivity contribution < 1.29 is 38.2 Å². The van der Waals surface area contributed by atoms with Crippen molar-refractivity contribution in [2.45, 2.75) is 13.2 Å². The first-order valence-corrected chi connectivity index (χ1v) is 20.6. The molecule has 0 aliphatic carbocycles. The number of carbonyl (C=O) groups excluding carboxylic acids is 5. The summed E-state index contributed by atoms with van der Waals surface area (Å²) in [6, 6.07) is 14.6. The highest BCUT2D eigenvalue weighted by Gasteiger charge is 2.24. The molecule has 0 spiro atoms. The number of para-hydroxylation sites is 1. The molecule has 21 nitrogen and oxygen atoms in total. The monoisotopic (exact) mass is 862 g/mol. The largest absolute Gasteiger partial charge is 0.489 e. The maximum atomic E-state index is 13.3. The number of fused-ring (bicyclic) bond motifs is 2. The summed E-state index contributed by atoms with van der Waals surface area (Å²) in [4.78, 5) is 87.8. The van der Waals surface area contributed by atoms with E-state index in [1.807, 2.05) is 49.9 Å². The van der Waals surface area contributed by atoms with Gasteiger partial charge < -0.3 is 46.1 Å². The zero-order chi connectivity index (χ0) is 44.3. The lowest BCUT2D eigenvalue weighted by Gasteiger charge is -2.33. The number of aromatic nitrogens is 2. The lowest BCUT2D eigenvalue weighted by Crippen LogP contribution is -2.51. The highest BCUT2D eigenvalue weighted by molar-refractivity contribution is 5.80. The molecule has 2 aliphatic rings. The third-order valence-electron chi connectivity index (χ3n) is 10.2. The minimum absolute atomic E-state index is 0.0460. The van der Waals surface area contributed by atoms with Crippen molar-refractivity contribution in [2.24, 2.45) is 0 Å². The average molecular weight is 863 g/mol. The third-order valence-corrected chi connectivity index (χ3v) is 10.2. The summed E-state index contributed by atoms with van der Waals surface area (Å²) in [7, 11) is 4.75. The predicted octanol–water partition coefficient (Wildman–Crippen LogP) is -1.03. The standard InChI is InChI=1S/C41H58N12O9/c1-42-34(54)25-49-15-17-50(26-35(55)43-2)19-21-52(22-20-51(18-16-49)27-36(56)44-3)28-37(57)45-12-14-53-24-33-39(48-40(53)58)47-38-31(10-7-11-32(38)62-33)60-23-13-46-41(59)61-29-30-8-5-4-6-9-30/h4-11,24H,12-23,25-29H2,1-3H3,(H,42,54)(H,43,55)(H,44,56)(H,45,57)(H,46,59)(H,47,48,58). The Morgan fingerprint density at radius 1 is 0.677 bits per heavy atom. The molecule has 3 aromatic rings. The number of ether oxygens (including phenoxy) is 3. The van der Waals surface area contributed by atoms with E-state index in [1.165, 1.54) is 10.8 Å². The molecule has 5 rings (SSSR count). The number of amides is 5. The van der Waals surface area contributed by atoms with Gasteiger partial charge in [0.25, 0.3) is 0 Å². The quantitative estimate of drug-likeness (QED) is 0.0698. The fourth-order valence-electron chi connectivity index (χ4n) is 6.59. The molecule has 336 valence electrons. The average Bonchev–Trinajstić information content (AvgIpc) is 3.27. The van der Waals surface area contributed by atoms with Gasteiger partial charge in [0, 0.05) is 86.6 Å². The molecule has 0 atom stereocenters. The number of hydrogen-bond acceptors (Lipinski definition) is 15. The molecule has 5 amide bonds. The number of carbonyl (C=O) groups is 5. The molecule has 1 fully saturated rings. The molecule has 0 unspecified atom stereocenters. The number of nitrogens with one attached hydrogen (secondary N) is 6. The van der Waals surface area contributed by atoms with E-state index >= 15 is 0 Å². The van der Waals surface area contributed by atoms with Crippen LogP contribution in [-0.2, 0) is 37.1 Å². The summed E-state index contributed by atoms with van der Waals surface area (Å²) in [5.41, 5.74) is 0.791. The second kappa shape index (κ2) is 24.2. The molecule has 6 N–H and O–H groups in total. The van der Waals surface area contributed by atoms with Gasteiger partial charge in [-0.3, -0.25) is 43.3 Å². The summed E-state index contributed by atoms with van der Waals surface area (Å²) >= 11 is 0. The molecule has 3 heterocycles. The normalized spacial score (nSPS) is 15.1. The lowest BCUT2D eigenvalue weighted by molar-refractivity contribution is -0.124. The van der Waals surface area contributed by atoms with Gasteiger partial charge in [0.1, 0.15) is 24.7 Å². The first-order valence-electron chi connectivity index (χ1n) is 20.6. The van der Waals surface area contributed by atoms with E-state index in [2.05, 4.69) is 36.9 Å². The van der Waals surface area contributed by atoms with Crippen molar-refractivity contribution in [3.63, 3.8) is 0 Å². The Labute approximate surface area is 360 Å². The lowest BCUT2D eigenvalue weighted by atomic mass is 10.2. The van der Waals surface area contributed by atoms with Crippen LogP contribution in [-0.4, -0.2) is 178 Å². The van der Waals surface area contributed by atoms with E-state index in [4.69, 9.17) is 14.2 Å². The molecule has 0 saturated carbocycles. The Balaban J connectivity index is 1.13. The number of nitrogens with zero attached hydrogens (tertiary/aromatic N) is 6. The van der Waals surface area contributed by atoms with Gasteiger partial charge in [0.15, 0.2) is 17.3 Å². The first-order chi connectivity index (χ1) is 30.0. The zero-order valence-corrected chi connectivity index (χ0v) is 35.6. The van der Waals surface area contributed by atoms with Crippen LogP contribution in [0.15, 0.2) is 59.5 Å². The van der Waals surface area contributed by atoms with Crippen molar-refractivity contribution in [3.8, 4) is 17.2 Å². The minimum atomic E-state index is -0.569. The Morgan fingerprint density at radius 2 is 1.23 bits per heavy atom. The Hall–Kier alpha value is -6.29. The van der Waals surface area contributed by atoms with Gasteiger partial charge in [-0.15, -0.1) is 0 Å². The van der Waals surface area contributed by atoms with Gasteiger partial charge in [-0.1, -0.05) is 36.4 Å². The van der Waals surface area contributed by atoms with Crippen LogP contribution < -0.4 is 47.1 Å². The second-order valence-electron chi connectivity index (χ2n) is 14.6. The summed E-state index contributed by atoms with van der Waals surface area (Å²) in [6.45, 7) is 5.21. The second-order valence-corrected chi connectivity index (χ2v) is 14.6. The van der Waals surface area contributed by atoms with Crippen LogP contribution in [0.1, 0.15) is 5.56 Å². The summed E-state index contributed by atoms with van der Waals surface area (Å²) in [6.07, 6.45) is 0.959. The molecule has 21 heteroatoms. The van der Waals surface area contributed by atoms with Crippen molar-refractivity contribution in [2.75, 3.05) is 125 Å². The minimum Gasteiger partial charge on any atom is -0.489 e. The van der Waals surface area contributed by atoms with Gasteiger partial charge in [-0.25, -0.2) is 9.59 Å². The van der Waals surface area contributed by atoms with Crippen molar-refractivity contribution in [1.29, 1.82) is 0 Å². The summed E-state index contributed by atoms with van der Waals surface area (Å²) in [5.74, 6) is 0.704. The molecule has 0 bridgehead atoms.